The second-order valence-corrected chi connectivity index (χ2v) is 7.27. The molecule has 0 radical (unpaired) electrons. The average molecular weight is 366 g/mol. The summed E-state index contributed by atoms with van der Waals surface area (Å²) >= 11 is 6.30. The zero-order valence-corrected chi connectivity index (χ0v) is 15.4. The lowest BCUT2D eigenvalue weighted by Crippen LogP contribution is -2.24. The summed E-state index contributed by atoms with van der Waals surface area (Å²) in [5.41, 5.74) is 3.85. The van der Waals surface area contributed by atoms with E-state index in [1.54, 1.807) is 4.90 Å². The van der Waals surface area contributed by atoms with E-state index in [0.29, 0.717) is 24.5 Å². The lowest BCUT2D eigenvalue weighted by molar-refractivity contribution is -0.117. The van der Waals surface area contributed by atoms with Gasteiger partial charge in [-0.1, -0.05) is 48.0 Å². The standard InChI is InChI=1S/C21H20ClN3O/c1-14(2)12-25-19-10-6-4-8-17(19)23-21(25)15-11-20(26)24(13-15)18-9-5-3-7-16(18)22/h3-10,15H,1,11-13H2,2H3/t15-/m0/s1. The molecule has 4 rings (SSSR count). The van der Waals surface area contributed by atoms with E-state index < -0.39 is 0 Å². The van der Waals surface area contributed by atoms with Gasteiger partial charge in [0, 0.05) is 25.4 Å². The molecule has 1 aliphatic rings. The first-order valence-electron chi connectivity index (χ1n) is 8.69. The third-order valence-corrected chi connectivity index (χ3v) is 5.07. The van der Waals surface area contributed by atoms with Crippen molar-refractivity contribution in [3.05, 3.63) is 71.5 Å². The number of para-hydroxylation sites is 3. The predicted octanol–water partition coefficient (Wildman–Crippen LogP) is 4.79. The van der Waals surface area contributed by atoms with Gasteiger partial charge in [-0.25, -0.2) is 4.98 Å². The van der Waals surface area contributed by atoms with Crippen LogP contribution < -0.4 is 4.90 Å². The topological polar surface area (TPSA) is 38.1 Å². The normalized spacial score (nSPS) is 17.2. The smallest absolute Gasteiger partial charge is 0.227 e. The molecule has 1 fully saturated rings. The van der Waals surface area contributed by atoms with Gasteiger partial charge in [0.25, 0.3) is 0 Å². The molecule has 1 saturated heterocycles. The molecule has 1 aromatic heterocycles. The number of rotatable bonds is 4. The summed E-state index contributed by atoms with van der Waals surface area (Å²) in [6.45, 7) is 7.34. The monoisotopic (exact) mass is 365 g/mol. The van der Waals surface area contributed by atoms with Crippen LogP contribution in [0.4, 0.5) is 5.69 Å². The van der Waals surface area contributed by atoms with Crippen LogP contribution in [0.15, 0.2) is 60.7 Å². The summed E-state index contributed by atoms with van der Waals surface area (Å²) in [5.74, 6) is 1.06. The summed E-state index contributed by atoms with van der Waals surface area (Å²) in [4.78, 5) is 19.3. The maximum atomic E-state index is 12.7. The zero-order valence-electron chi connectivity index (χ0n) is 14.7. The van der Waals surface area contributed by atoms with Crippen molar-refractivity contribution in [2.45, 2.75) is 25.8 Å². The first kappa shape index (κ1) is 16.9. The van der Waals surface area contributed by atoms with Gasteiger partial charge in [-0.05, 0) is 31.2 Å². The summed E-state index contributed by atoms with van der Waals surface area (Å²) in [5, 5.41) is 0.594. The molecule has 2 heterocycles. The number of hydrogen-bond donors (Lipinski definition) is 0. The van der Waals surface area contributed by atoms with Gasteiger partial charge in [-0.2, -0.15) is 0 Å². The van der Waals surface area contributed by atoms with Gasteiger partial charge in [0.15, 0.2) is 0 Å². The number of amides is 1. The van der Waals surface area contributed by atoms with Crippen molar-refractivity contribution < 1.29 is 4.79 Å². The van der Waals surface area contributed by atoms with Crippen LogP contribution in [0.2, 0.25) is 5.02 Å². The Hall–Kier alpha value is -2.59. The van der Waals surface area contributed by atoms with Gasteiger partial charge in [0.05, 0.1) is 21.7 Å². The molecule has 0 saturated carbocycles. The molecule has 1 aliphatic heterocycles. The molecule has 0 bridgehead atoms. The van der Waals surface area contributed by atoms with Crippen LogP contribution in [-0.2, 0) is 11.3 Å². The van der Waals surface area contributed by atoms with Gasteiger partial charge >= 0.3 is 0 Å². The predicted molar refractivity (Wildman–Crippen MR) is 106 cm³/mol. The zero-order chi connectivity index (χ0) is 18.3. The highest BCUT2D eigenvalue weighted by atomic mass is 35.5. The first-order valence-corrected chi connectivity index (χ1v) is 9.07. The van der Waals surface area contributed by atoms with E-state index >= 15 is 0 Å². The lowest BCUT2D eigenvalue weighted by atomic mass is 10.1. The number of fused-ring (bicyclic) bond motifs is 1. The quantitative estimate of drug-likeness (QED) is 0.623. The maximum Gasteiger partial charge on any atom is 0.227 e. The number of anilines is 1. The van der Waals surface area contributed by atoms with Crippen LogP contribution in [0.5, 0.6) is 0 Å². The summed E-state index contributed by atoms with van der Waals surface area (Å²) in [6, 6.07) is 15.5. The molecular weight excluding hydrogens is 346 g/mol. The van der Waals surface area contributed by atoms with Crippen LogP contribution in [0.1, 0.15) is 25.1 Å². The summed E-state index contributed by atoms with van der Waals surface area (Å²) < 4.78 is 2.19. The highest BCUT2D eigenvalue weighted by Gasteiger charge is 2.35. The third-order valence-electron chi connectivity index (χ3n) is 4.75. The van der Waals surface area contributed by atoms with Crippen molar-refractivity contribution in [1.29, 1.82) is 0 Å². The Balaban J connectivity index is 1.73. The van der Waals surface area contributed by atoms with Crippen LogP contribution >= 0.6 is 11.6 Å². The van der Waals surface area contributed by atoms with Gasteiger partial charge < -0.3 is 9.47 Å². The summed E-state index contributed by atoms with van der Waals surface area (Å²) in [7, 11) is 0. The minimum atomic E-state index is 0.0329. The van der Waals surface area contributed by atoms with E-state index in [2.05, 4.69) is 17.2 Å². The van der Waals surface area contributed by atoms with Crippen molar-refractivity contribution in [2.75, 3.05) is 11.4 Å². The number of hydrogen-bond acceptors (Lipinski definition) is 2. The number of imidazole rings is 1. The molecule has 0 aliphatic carbocycles. The highest BCUT2D eigenvalue weighted by molar-refractivity contribution is 6.33. The fourth-order valence-corrected chi connectivity index (χ4v) is 3.86. The average Bonchev–Trinajstić information content (AvgIpc) is 3.16. The molecule has 2 aromatic carbocycles. The molecule has 1 atom stereocenters. The molecule has 4 nitrogen and oxygen atoms in total. The number of halogens is 1. The van der Waals surface area contributed by atoms with E-state index in [0.717, 1.165) is 28.1 Å². The van der Waals surface area contributed by atoms with E-state index in [-0.39, 0.29) is 11.8 Å². The van der Waals surface area contributed by atoms with E-state index in [1.807, 2.05) is 49.4 Å². The van der Waals surface area contributed by atoms with E-state index in [4.69, 9.17) is 16.6 Å². The Morgan fingerprint density at radius 2 is 1.96 bits per heavy atom. The second kappa shape index (κ2) is 6.61. The number of allylic oxidation sites excluding steroid dienone is 1. The van der Waals surface area contributed by atoms with Crippen molar-refractivity contribution >= 4 is 34.2 Å². The van der Waals surface area contributed by atoms with Crippen molar-refractivity contribution in [3.63, 3.8) is 0 Å². The Kier molecular flexibility index (Phi) is 4.29. The van der Waals surface area contributed by atoms with Gasteiger partial charge in [-0.3, -0.25) is 4.79 Å². The molecule has 3 aromatic rings. The van der Waals surface area contributed by atoms with Crippen molar-refractivity contribution in [1.82, 2.24) is 9.55 Å². The minimum Gasteiger partial charge on any atom is -0.324 e. The first-order chi connectivity index (χ1) is 12.5. The van der Waals surface area contributed by atoms with E-state index in [9.17, 15) is 4.79 Å². The Morgan fingerprint density at radius 1 is 1.23 bits per heavy atom. The van der Waals surface area contributed by atoms with Gasteiger partial charge in [0.2, 0.25) is 5.91 Å². The molecule has 0 N–H and O–H groups in total. The Labute approximate surface area is 157 Å². The SMILES string of the molecule is C=C(C)Cn1c([C@H]2CC(=O)N(c3ccccc3Cl)C2)nc2ccccc21. The van der Waals surface area contributed by atoms with E-state index in [1.165, 1.54) is 0 Å². The fourth-order valence-electron chi connectivity index (χ4n) is 3.63. The third kappa shape index (κ3) is 2.90. The number of carbonyl (C=O) groups excluding carboxylic acids is 1. The number of aromatic nitrogens is 2. The van der Waals surface area contributed by atoms with Gasteiger partial charge in [0.1, 0.15) is 5.82 Å². The van der Waals surface area contributed by atoms with Crippen molar-refractivity contribution in [2.24, 2.45) is 0 Å². The van der Waals surface area contributed by atoms with Crippen LogP contribution in [0.3, 0.4) is 0 Å². The molecule has 1 amide bonds. The van der Waals surface area contributed by atoms with Crippen LogP contribution in [0, 0.1) is 0 Å². The molecule has 0 spiro atoms. The van der Waals surface area contributed by atoms with Crippen molar-refractivity contribution in [3.8, 4) is 0 Å². The Bertz CT molecular complexity index is 1010. The largest absolute Gasteiger partial charge is 0.324 e. The molecule has 26 heavy (non-hydrogen) atoms. The molecule has 132 valence electrons. The number of benzene rings is 2. The highest BCUT2D eigenvalue weighted by Crippen LogP contribution is 2.36. The maximum absolute atomic E-state index is 12.7. The Morgan fingerprint density at radius 3 is 2.73 bits per heavy atom. The number of nitrogens with zero attached hydrogens (tertiary/aromatic N) is 3. The lowest BCUT2D eigenvalue weighted by Gasteiger charge is -2.18. The van der Waals surface area contributed by atoms with Gasteiger partial charge in [-0.15, -0.1) is 0 Å². The second-order valence-electron chi connectivity index (χ2n) is 6.86. The minimum absolute atomic E-state index is 0.0329. The fraction of sp³-hybridized carbons (Fsp3) is 0.238. The molecule has 5 heteroatoms. The van der Waals surface area contributed by atoms with Crippen LogP contribution in [-0.4, -0.2) is 22.0 Å². The summed E-state index contributed by atoms with van der Waals surface area (Å²) in [6.07, 6.45) is 0.435. The molecular formula is C21H20ClN3O. The molecule has 0 unspecified atom stereocenters. The van der Waals surface area contributed by atoms with Crippen LogP contribution in [0.25, 0.3) is 11.0 Å². The number of carbonyl (C=O) groups is 1.